The van der Waals surface area contributed by atoms with Crippen molar-refractivity contribution in [3.8, 4) is 0 Å². The van der Waals surface area contributed by atoms with Crippen LogP contribution in [0.1, 0.15) is 32.6 Å². The van der Waals surface area contributed by atoms with Crippen LogP contribution >= 0.6 is 24.0 Å². The van der Waals surface area contributed by atoms with Gasteiger partial charge in [0.15, 0.2) is 5.96 Å². The Morgan fingerprint density at radius 1 is 1.32 bits per heavy atom. The number of aliphatic imine (C=N–C) groups is 1. The van der Waals surface area contributed by atoms with Gasteiger partial charge in [0.25, 0.3) is 0 Å². The summed E-state index contributed by atoms with van der Waals surface area (Å²) in [6.45, 7) is 10.1. The third kappa shape index (κ3) is 9.24. The number of carbonyl (C=O) groups excluding carboxylic acids is 1. The van der Waals surface area contributed by atoms with Crippen molar-refractivity contribution in [3.05, 3.63) is 12.2 Å². The molecular formula is C15H30IN5O. The van der Waals surface area contributed by atoms with Gasteiger partial charge in [-0.1, -0.05) is 12.2 Å². The topological polar surface area (TPSA) is 96.7 Å². The van der Waals surface area contributed by atoms with Gasteiger partial charge in [0, 0.05) is 12.5 Å². The summed E-state index contributed by atoms with van der Waals surface area (Å²) in [5, 5.41) is 3.10. The summed E-state index contributed by atoms with van der Waals surface area (Å²) in [5.74, 6) is 0.413. The molecule has 7 heteroatoms. The number of hydrogen-bond donors (Lipinski definition) is 3. The standard InChI is InChI=1S/C15H29N5O.HI/c1-12(2)11-19-15(17)18-7-3-4-8-20-9-5-13(6-10-20)14(16)21;/h13H,1,3-11H2,2H3,(H2,16,21)(H3,17,18,19);1H. The average Bonchev–Trinajstić information content (AvgIpc) is 2.45. The average molecular weight is 423 g/mol. The Kier molecular flexibility index (Phi) is 11.3. The van der Waals surface area contributed by atoms with Crippen molar-refractivity contribution in [2.24, 2.45) is 22.4 Å². The summed E-state index contributed by atoms with van der Waals surface area (Å²) in [6, 6.07) is 0. The van der Waals surface area contributed by atoms with Crippen molar-refractivity contribution in [2.75, 3.05) is 32.7 Å². The van der Waals surface area contributed by atoms with E-state index in [0.29, 0.717) is 12.5 Å². The molecule has 0 atom stereocenters. The van der Waals surface area contributed by atoms with Gasteiger partial charge in [0.05, 0.1) is 6.54 Å². The van der Waals surface area contributed by atoms with Crippen LogP contribution in [0.3, 0.4) is 0 Å². The Bertz CT molecular complexity index is 378. The lowest BCUT2D eigenvalue weighted by Crippen LogP contribution is -2.39. The third-order valence-corrected chi connectivity index (χ3v) is 3.72. The Hall–Kier alpha value is -0.830. The molecule has 0 radical (unpaired) electrons. The highest BCUT2D eigenvalue weighted by atomic mass is 127. The molecule has 0 aliphatic carbocycles. The van der Waals surface area contributed by atoms with Gasteiger partial charge in [0.2, 0.25) is 5.91 Å². The van der Waals surface area contributed by atoms with Gasteiger partial charge in [-0.25, -0.2) is 4.99 Å². The molecule has 6 nitrogen and oxygen atoms in total. The van der Waals surface area contributed by atoms with E-state index in [1.165, 1.54) is 0 Å². The SMILES string of the molecule is C=C(C)CN=C(N)NCCCCN1CCC(C(N)=O)CC1.I. The molecule has 1 aliphatic rings. The number of guanidine groups is 1. The first kappa shape index (κ1) is 21.2. The van der Waals surface area contributed by atoms with Crippen molar-refractivity contribution in [1.82, 2.24) is 10.2 Å². The Labute approximate surface area is 150 Å². The van der Waals surface area contributed by atoms with Gasteiger partial charge < -0.3 is 21.7 Å². The molecule has 0 saturated carbocycles. The summed E-state index contributed by atoms with van der Waals surface area (Å²) in [5.41, 5.74) is 12.1. The Balaban J connectivity index is 0.00000441. The lowest BCUT2D eigenvalue weighted by Gasteiger charge is -2.30. The van der Waals surface area contributed by atoms with Crippen molar-refractivity contribution in [3.63, 3.8) is 0 Å². The molecule has 0 aromatic rings. The van der Waals surface area contributed by atoms with E-state index in [-0.39, 0.29) is 35.8 Å². The summed E-state index contributed by atoms with van der Waals surface area (Å²) >= 11 is 0. The van der Waals surface area contributed by atoms with Crippen molar-refractivity contribution >= 4 is 35.8 Å². The molecule has 0 aromatic heterocycles. The van der Waals surface area contributed by atoms with Gasteiger partial charge in [-0.3, -0.25) is 4.79 Å². The highest BCUT2D eigenvalue weighted by Gasteiger charge is 2.22. The summed E-state index contributed by atoms with van der Waals surface area (Å²) in [4.78, 5) is 17.7. The summed E-state index contributed by atoms with van der Waals surface area (Å²) in [7, 11) is 0. The molecule has 1 heterocycles. The molecule has 5 N–H and O–H groups in total. The van der Waals surface area contributed by atoms with E-state index in [1.807, 2.05) is 6.92 Å². The predicted octanol–water partition coefficient (Wildman–Crippen LogP) is 1.06. The third-order valence-electron chi connectivity index (χ3n) is 3.72. The summed E-state index contributed by atoms with van der Waals surface area (Å²) in [6.07, 6.45) is 3.96. The molecule has 0 unspecified atom stereocenters. The van der Waals surface area contributed by atoms with Gasteiger partial charge in [-0.2, -0.15) is 0 Å². The fourth-order valence-electron chi connectivity index (χ4n) is 2.39. The van der Waals surface area contributed by atoms with Crippen LogP contribution in [0.15, 0.2) is 17.1 Å². The number of nitrogens with one attached hydrogen (secondary N) is 1. The lowest BCUT2D eigenvalue weighted by molar-refractivity contribution is -0.123. The number of nitrogens with zero attached hydrogens (tertiary/aromatic N) is 2. The monoisotopic (exact) mass is 423 g/mol. The number of piperidine rings is 1. The van der Waals surface area contributed by atoms with Crippen LogP contribution in [-0.4, -0.2) is 49.5 Å². The lowest BCUT2D eigenvalue weighted by atomic mass is 9.96. The molecule has 1 fully saturated rings. The van der Waals surface area contributed by atoms with Crippen LogP contribution in [-0.2, 0) is 4.79 Å². The number of primary amides is 1. The number of hydrogen-bond acceptors (Lipinski definition) is 3. The van der Waals surface area contributed by atoms with Crippen LogP contribution in [0.2, 0.25) is 0 Å². The molecule has 0 spiro atoms. The number of halogens is 1. The molecule has 1 saturated heterocycles. The second-order valence-electron chi connectivity index (χ2n) is 5.81. The highest BCUT2D eigenvalue weighted by molar-refractivity contribution is 14.0. The van der Waals surface area contributed by atoms with E-state index in [9.17, 15) is 4.79 Å². The smallest absolute Gasteiger partial charge is 0.220 e. The first-order chi connectivity index (χ1) is 9.99. The van der Waals surface area contributed by atoms with E-state index < -0.39 is 0 Å². The maximum Gasteiger partial charge on any atom is 0.220 e. The molecule has 0 bridgehead atoms. The zero-order valence-electron chi connectivity index (χ0n) is 13.5. The molecule has 128 valence electrons. The Morgan fingerprint density at radius 2 is 1.95 bits per heavy atom. The van der Waals surface area contributed by atoms with Crippen molar-refractivity contribution < 1.29 is 4.79 Å². The van der Waals surface area contributed by atoms with Crippen LogP contribution in [0.25, 0.3) is 0 Å². The number of amides is 1. The predicted molar refractivity (Wildman–Crippen MR) is 102 cm³/mol. The van der Waals surface area contributed by atoms with E-state index in [0.717, 1.165) is 57.4 Å². The van der Waals surface area contributed by atoms with Gasteiger partial charge >= 0.3 is 0 Å². The first-order valence-corrected chi connectivity index (χ1v) is 7.69. The minimum atomic E-state index is -0.150. The quantitative estimate of drug-likeness (QED) is 0.179. The molecule has 0 aromatic carbocycles. The van der Waals surface area contributed by atoms with Gasteiger partial charge in [0.1, 0.15) is 0 Å². The minimum Gasteiger partial charge on any atom is -0.370 e. The number of likely N-dealkylation sites (tertiary alicyclic amines) is 1. The van der Waals surface area contributed by atoms with E-state index in [2.05, 4.69) is 21.8 Å². The number of nitrogens with two attached hydrogens (primary N) is 2. The fraction of sp³-hybridized carbons (Fsp3) is 0.733. The Morgan fingerprint density at radius 3 is 2.50 bits per heavy atom. The van der Waals surface area contributed by atoms with Crippen molar-refractivity contribution in [2.45, 2.75) is 32.6 Å². The normalized spacial score (nSPS) is 16.9. The zero-order valence-corrected chi connectivity index (χ0v) is 15.8. The van der Waals surface area contributed by atoms with E-state index in [1.54, 1.807) is 0 Å². The zero-order chi connectivity index (χ0) is 15.7. The molecule has 1 rings (SSSR count). The molecule has 22 heavy (non-hydrogen) atoms. The molecular weight excluding hydrogens is 393 g/mol. The van der Waals surface area contributed by atoms with E-state index in [4.69, 9.17) is 11.5 Å². The number of rotatable bonds is 8. The largest absolute Gasteiger partial charge is 0.370 e. The van der Waals surface area contributed by atoms with Crippen LogP contribution < -0.4 is 16.8 Å². The van der Waals surface area contributed by atoms with E-state index >= 15 is 0 Å². The van der Waals surface area contributed by atoms with Crippen LogP contribution in [0, 0.1) is 5.92 Å². The maximum atomic E-state index is 11.1. The maximum absolute atomic E-state index is 11.1. The highest BCUT2D eigenvalue weighted by Crippen LogP contribution is 2.16. The van der Waals surface area contributed by atoms with Gasteiger partial charge in [-0.15, -0.1) is 24.0 Å². The second-order valence-corrected chi connectivity index (χ2v) is 5.81. The van der Waals surface area contributed by atoms with Gasteiger partial charge in [-0.05, 0) is 52.2 Å². The number of unbranched alkanes of at least 4 members (excludes halogenated alkanes) is 1. The fourth-order valence-corrected chi connectivity index (χ4v) is 2.39. The second kappa shape index (κ2) is 11.7. The summed E-state index contributed by atoms with van der Waals surface area (Å²) < 4.78 is 0. The number of carbonyl (C=O) groups is 1. The minimum absolute atomic E-state index is 0. The van der Waals surface area contributed by atoms with Crippen LogP contribution in [0.5, 0.6) is 0 Å². The first-order valence-electron chi connectivity index (χ1n) is 7.69. The van der Waals surface area contributed by atoms with Crippen molar-refractivity contribution in [1.29, 1.82) is 0 Å². The van der Waals surface area contributed by atoms with Crippen LogP contribution in [0.4, 0.5) is 0 Å². The molecule has 1 amide bonds. The molecule has 1 aliphatic heterocycles.